The molecule has 5 heteroatoms. The van der Waals surface area contributed by atoms with Crippen molar-refractivity contribution in [2.24, 2.45) is 9.98 Å². The average Bonchev–Trinajstić information content (AvgIpc) is 2.29. The molecule has 0 aromatic rings. The van der Waals surface area contributed by atoms with Crippen molar-refractivity contribution < 1.29 is 5.11 Å². The van der Waals surface area contributed by atoms with Gasteiger partial charge in [-0.1, -0.05) is 11.6 Å². The first kappa shape index (κ1) is 7.61. The number of nitrogens with zero attached hydrogens (tertiary/aromatic N) is 3. The van der Waals surface area contributed by atoms with Gasteiger partial charge in [0, 0.05) is 6.08 Å². The van der Waals surface area contributed by atoms with Crippen molar-refractivity contribution in [3.8, 4) is 0 Å². The van der Waals surface area contributed by atoms with Crippen LogP contribution in [-0.4, -0.2) is 34.5 Å². The maximum atomic E-state index is 9.34. The molecule has 2 aliphatic heterocycles. The quantitative estimate of drug-likeness (QED) is 0.575. The normalized spacial score (nSPS) is 27.7. The molecule has 2 heterocycles. The van der Waals surface area contributed by atoms with E-state index in [9.17, 15) is 5.11 Å². The van der Waals surface area contributed by atoms with Gasteiger partial charge in [0.15, 0.2) is 0 Å². The molecule has 0 saturated carbocycles. The largest absolute Gasteiger partial charge is 0.480 e. The van der Waals surface area contributed by atoms with Crippen molar-refractivity contribution in [2.75, 3.05) is 6.54 Å². The fourth-order valence-electron chi connectivity index (χ4n) is 1.29. The van der Waals surface area contributed by atoms with Crippen LogP contribution in [0.5, 0.6) is 0 Å². The van der Waals surface area contributed by atoms with E-state index in [4.69, 9.17) is 11.6 Å². The van der Waals surface area contributed by atoms with Gasteiger partial charge in [-0.3, -0.25) is 9.89 Å². The number of aliphatic hydroxyl groups excluding tert-OH is 1. The first-order chi connectivity index (χ1) is 5.66. The Morgan fingerprint density at radius 2 is 2.50 bits per heavy atom. The second-order valence-corrected chi connectivity index (χ2v) is 3.21. The van der Waals surface area contributed by atoms with E-state index in [0.717, 1.165) is 0 Å². The van der Waals surface area contributed by atoms with Gasteiger partial charge in [0.2, 0.25) is 0 Å². The molecular weight excluding hydrogens is 178 g/mol. The third-order valence-corrected chi connectivity index (χ3v) is 1.97. The van der Waals surface area contributed by atoms with Gasteiger partial charge in [0.05, 0.1) is 12.6 Å². The number of aliphatic imine (C=N–C) groups is 2. The molecule has 1 unspecified atom stereocenters. The van der Waals surface area contributed by atoms with Crippen molar-refractivity contribution in [3.05, 3.63) is 11.2 Å². The van der Waals surface area contributed by atoms with E-state index in [1.165, 1.54) is 0 Å². The summed E-state index contributed by atoms with van der Waals surface area (Å²) in [5.41, 5.74) is 0. The molecule has 0 aromatic heterocycles. The molecule has 0 aliphatic carbocycles. The van der Waals surface area contributed by atoms with Crippen LogP contribution in [0, 0.1) is 0 Å². The van der Waals surface area contributed by atoms with Gasteiger partial charge < -0.3 is 5.11 Å². The lowest BCUT2D eigenvalue weighted by molar-refractivity contribution is 0.432. The van der Waals surface area contributed by atoms with Crippen LogP contribution in [0.2, 0.25) is 0 Å². The lowest BCUT2D eigenvalue weighted by Crippen LogP contribution is -2.36. The smallest absolute Gasteiger partial charge is 0.296 e. The first-order valence-electron chi connectivity index (χ1n) is 3.67. The van der Waals surface area contributed by atoms with Crippen LogP contribution in [0.3, 0.4) is 0 Å². The average molecular weight is 186 g/mol. The molecular formula is C7H8ClN3O. The predicted molar refractivity (Wildman–Crippen MR) is 47.6 cm³/mol. The minimum Gasteiger partial charge on any atom is -0.480 e. The fraction of sp³-hybridized carbons (Fsp3) is 0.429. The zero-order chi connectivity index (χ0) is 8.72. The lowest BCUT2D eigenvalue weighted by atomic mass is 10.3. The summed E-state index contributed by atoms with van der Waals surface area (Å²) in [5, 5.41) is 9.61. The Morgan fingerprint density at radius 1 is 1.75 bits per heavy atom. The standard InChI is InChI=1S/C7H8ClN3O/c1-4-3-11-6(9-4)2-5(8)10-7(11)12/h2,4H,3H2,1H3,(H,10,12). The van der Waals surface area contributed by atoms with Crippen molar-refractivity contribution in [2.45, 2.75) is 13.0 Å². The topological polar surface area (TPSA) is 48.2 Å². The molecule has 0 aromatic carbocycles. The monoisotopic (exact) mass is 185 g/mol. The first-order valence-corrected chi connectivity index (χ1v) is 4.05. The molecule has 1 N–H and O–H groups in total. The molecule has 0 bridgehead atoms. The molecule has 0 amide bonds. The minimum absolute atomic E-state index is 0.0643. The summed E-state index contributed by atoms with van der Waals surface area (Å²) in [7, 11) is 0. The predicted octanol–water partition coefficient (Wildman–Crippen LogP) is 1.10. The van der Waals surface area contributed by atoms with E-state index in [1.54, 1.807) is 11.0 Å². The van der Waals surface area contributed by atoms with Gasteiger partial charge in [0.25, 0.3) is 6.02 Å². The molecule has 64 valence electrons. The van der Waals surface area contributed by atoms with Crippen LogP contribution in [0.25, 0.3) is 0 Å². The Kier molecular flexibility index (Phi) is 1.58. The third kappa shape index (κ3) is 1.08. The number of hydrogen-bond donors (Lipinski definition) is 1. The van der Waals surface area contributed by atoms with Gasteiger partial charge in [-0.15, -0.1) is 0 Å². The number of halogens is 1. The van der Waals surface area contributed by atoms with Crippen molar-refractivity contribution in [1.29, 1.82) is 0 Å². The highest BCUT2D eigenvalue weighted by atomic mass is 35.5. The Hall–Kier alpha value is -1.03. The molecule has 2 rings (SSSR count). The summed E-state index contributed by atoms with van der Waals surface area (Å²) < 4.78 is 0. The van der Waals surface area contributed by atoms with Crippen LogP contribution < -0.4 is 0 Å². The van der Waals surface area contributed by atoms with Crippen LogP contribution in [0.15, 0.2) is 21.2 Å². The SMILES string of the molecule is CC1CN2C(O)=NC(Cl)=CC2=N1. The number of amidine groups is 2. The van der Waals surface area contributed by atoms with Gasteiger partial charge in [-0.25, -0.2) is 0 Å². The zero-order valence-corrected chi connectivity index (χ0v) is 7.28. The van der Waals surface area contributed by atoms with Crippen LogP contribution in [0.1, 0.15) is 6.92 Å². The summed E-state index contributed by atoms with van der Waals surface area (Å²) in [6.07, 6.45) is 1.64. The fourth-order valence-corrected chi connectivity index (χ4v) is 1.46. The maximum absolute atomic E-state index is 9.34. The van der Waals surface area contributed by atoms with Crippen molar-refractivity contribution >= 4 is 23.5 Å². The summed E-state index contributed by atoms with van der Waals surface area (Å²) in [6.45, 7) is 2.64. The van der Waals surface area contributed by atoms with Gasteiger partial charge >= 0.3 is 0 Å². The molecule has 1 atom stereocenters. The highest BCUT2D eigenvalue weighted by molar-refractivity contribution is 6.32. The molecule has 0 spiro atoms. The lowest BCUT2D eigenvalue weighted by Gasteiger charge is -2.18. The molecule has 12 heavy (non-hydrogen) atoms. The van der Waals surface area contributed by atoms with E-state index in [0.29, 0.717) is 12.4 Å². The number of aliphatic hydroxyl groups is 1. The van der Waals surface area contributed by atoms with Crippen molar-refractivity contribution in [3.63, 3.8) is 0 Å². The van der Waals surface area contributed by atoms with Crippen molar-refractivity contribution in [1.82, 2.24) is 4.90 Å². The Bertz CT molecular complexity index is 308. The zero-order valence-electron chi connectivity index (χ0n) is 6.53. The summed E-state index contributed by atoms with van der Waals surface area (Å²) in [4.78, 5) is 9.59. The second kappa shape index (κ2) is 2.48. The minimum atomic E-state index is -0.0643. The van der Waals surface area contributed by atoms with Crippen LogP contribution in [0.4, 0.5) is 0 Å². The van der Waals surface area contributed by atoms with E-state index in [-0.39, 0.29) is 17.2 Å². The van der Waals surface area contributed by atoms with Gasteiger partial charge in [-0.05, 0) is 6.92 Å². The summed E-state index contributed by atoms with van der Waals surface area (Å²) in [5.74, 6) is 0.694. The molecule has 2 aliphatic rings. The molecule has 0 fully saturated rings. The number of fused-ring (bicyclic) bond motifs is 1. The Labute approximate surface area is 74.9 Å². The van der Waals surface area contributed by atoms with Gasteiger partial charge in [-0.2, -0.15) is 4.99 Å². The van der Waals surface area contributed by atoms with E-state index in [1.807, 2.05) is 6.92 Å². The Morgan fingerprint density at radius 3 is 3.25 bits per heavy atom. The number of rotatable bonds is 0. The van der Waals surface area contributed by atoms with Gasteiger partial charge in [0.1, 0.15) is 11.0 Å². The summed E-state index contributed by atoms with van der Waals surface area (Å²) >= 11 is 5.63. The maximum Gasteiger partial charge on any atom is 0.296 e. The summed E-state index contributed by atoms with van der Waals surface area (Å²) in [6, 6.07) is 0.127. The van der Waals surface area contributed by atoms with E-state index in [2.05, 4.69) is 9.98 Å². The highest BCUT2D eigenvalue weighted by Gasteiger charge is 2.27. The third-order valence-electron chi connectivity index (χ3n) is 1.77. The Balaban J connectivity index is 2.37. The molecule has 4 nitrogen and oxygen atoms in total. The molecule has 0 saturated heterocycles. The van der Waals surface area contributed by atoms with E-state index < -0.39 is 0 Å². The molecule has 0 radical (unpaired) electrons. The van der Waals surface area contributed by atoms with E-state index >= 15 is 0 Å². The highest BCUT2D eigenvalue weighted by Crippen LogP contribution is 2.18. The second-order valence-electron chi connectivity index (χ2n) is 2.83. The number of hydrogen-bond acceptors (Lipinski definition) is 3. The van der Waals surface area contributed by atoms with Crippen LogP contribution >= 0.6 is 11.6 Å². The van der Waals surface area contributed by atoms with Crippen LogP contribution in [-0.2, 0) is 0 Å².